The Morgan fingerprint density at radius 3 is 2.33 bits per heavy atom. The molecule has 0 saturated carbocycles. The van der Waals surface area contributed by atoms with Crippen molar-refractivity contribution < 1.29 is 0 Å². The molecule has 0 bridgehead atoms. The summed E-state index contributed by atoms with van der Waals surface area (Å²) in [7, 11) is 0. The van der Waals surface area contributed by atoms with Gasteiger partial charge in [0, 0.05) is 15.5 Å². The Labute approximate surface area is 108 Å². The van der Waals surface area contributed by atoms with E-state index >= 15 is 0 Å². The van der Waals surface area contributed by atoms with Crippen molar-refractivity contribution in [2.45, 2.75) is 6.92 Å². The summed E-state index contributed by atoms with van der Waals surface area (Å²) in [5.74, 6) is 0. The van der Waals surface area contributed by atoms with Crippen LogP contribution in [0.1, 0.15) is 4.88 Å². The first-order chi connectivity index (χ1) is 6.66. The third-order valence-electron chi connectivity index (χ3n) is 1.93. The summed E-state index contributed by atoms with van der Waals surface area (Å²) in [6, 6.07) is 7.60. The fourth-order valence-corrected chi connectivity index (χ4v) is 2.13. The van der Waals surface area contributed by atoms with Gasteiger partial charge in [-0.2, -0.15) is 0 Å². The minimum atomic E-state index is 0. The summed E-state index contributed by atoms with van der Waals surface area (Å²) in [4.78, 5) is 5.39. The van der Waals surface area contributed by atoms with E-state index in [1.807, 2.05) is 31.2 Å². The molecule has 0 aliphatic rings. The third kappa shape index (κ3) is 2.71. The van der Waals surface area contributed by atoms with E-state index < -0.39 is 0 Å². The van der Waals surface area contributed by atoms with E-state index in [9.17, 15) is 0 Å². The van der Waals surface area contributed by atoms with Gasteiger partial charge in [-0.25, -0.2) is 4.98 Å². The molecule has 0 aliphatic heterocycles. The molecule has 80 valence electrons. The van der Waals surface area contributed by atoms with Crippen molar-refractivity contribution in [3.63, 3.8) is 0 Å². The zero-order valence-corrected chi connectivity index (χ0v) is 11.3. The Kier molecular flexibility index (Phi) is 4.13. The molecule has 5 heteroatoms. The maximum atomic E-state index is 5.80. The Balaban J connectivity index is 0.00000112. The second kappa shape index (κ2) is 4.96. The molecule has 2 nitrogen and oxygen atoms in total. The largest absolute Gasteiger partial charge is 0.375 e. The van der Waals surface area contributed by atoms with Crippen LogP contribution in [0.3, 0.4) is 0 Å². The lowest BCUT2D eigenvalue weighted by molar-refractivity contribution is 1.38. The lowest BCUT2D eigenvalue weighted by Gasteiger charge is -1.97. The van der Waals surface area contributed by atoms with Crippen LogP contribution in [0, 0.1) is 6.92 Å². The molecule has 2 rings (SSSR count). The number of nitrogens with two attached hydrogens (primary N) is 1. The predicted octanol–water partition coefficient (Wildman–Crippen LogP) is 3.93. The Bertz CT molecular complexity index is 453. The van der Waals surface area contributed by atoms with Gasteiger partial charge in [-0.3, -0.25) is 0 Å². The minimum absolute atomic E-state index is 0. The number of aryl methyl sites for hydroxylation is 1. The number of rotatable bonds is 1. The molecule has 0 aliphatic carbocycles. The molecule has 2 aromatic rings. The quantitative estimate of drug-likeness (QED) is 0.867. The van der Waals surface area contributed by atoms with Crippen molar-refractivity contribution in [1.82, 2.24) is 4.98 Å². The van der Waals surface area contributed by atoms with E-state index in [0.29, 0.717) is 5.13 Å². The smallest absolute Gasteiger partial charge is 0.180 e. The maximum absolute atomic E-state index is 5.80. The summed E-state index contributed by atoms with van der Waals surface area (Å²) in [6.45, 7) is 2.01. The van der Waals surface area contributed by atoms with Crippen LogP contribution in [-0.4, -0.2) is 4.98 Å². The van der Waals surface area contributed by atoms with Crippen LogP contribution in [0.4, 0.5) is 5.13 Å². The first-order valence-corrected chi connectivity index (χ1v) is 5.35. The third-order valence-corrected chi connectivity index (χ3v) is 2.98. The van der Waals surface area contributed by atoms with Gasteiger partial charge in [-0.15, -0.1) is 28.3 Å². The Morgan fingerprint density at radius 2 is 1.87 bits per heavy atom. The summed E-state index contributed by atoms with van der Waals surface area (Å²) < 4.78 is 0. The van der Waals surface area contributed by atoms with Gasteiger partial charge in [0.25, 0.3) is 0 Å². The van der Waals surface area contributed by atoms with Gasteiger partial charge in [0.05, 0.1) is 5.69 Å². The zero-order chi connectivity index (χ0) is 10.1. The number of nitrogen functional groups attached to an aromatic ring is 1. The highest BCUT2D eigenvalue weighted by Crippen LogP contribution is 2.29. The molecular weight excluding hydrogens is 296 g/mol. The number of hydrogen-bond acceptors (Lipinski definition) is 3. The molecule has 1 heterocycles. The first kappa shape index (κ1) is 12.5. The summed E-state index contributed by atoms with van der Waals surface area (Å²) >= 11 is 7.30. The van der Waals surface area contributed by atoms with Gasteiger partial charge in [0.2, 0.25) is 0 Å². The van der Waals surface area contributed by atoms with Gasteiger partial charge >= 0.3 is 0 Å². The zero-order valence-electron chi connectivity index (χ0n) is 8.03. The highest BCUT2D eigenvalue weighted by molar-refractivity contribution is 8.93. The lowest BCUT2D eigenvalue weighted by atomic mass is 10.1. The number of aromatic nitrogens is 1. The average molecular weight is 306 g/mol. The summed E-state index contributed by atoms with van der Waals surface area (Å²) in [5.41, 5.74) is 7.63. The lowest BCUT2D eigenvalue weighted by Crippen LogP contribution is -1.83. The standard InChI is InChI=1S/C10H9ClN2S.BrH/c1-6-9(13-10(12)14-6)7-2-4-8(11)5-3-7;/h2-5H,1H3,(H2,12,13);1H. The monoisotopic (exact) mass is 304 g/mol. The van der Waals surface area contributed by atoms with Gasteiger partial charge < -0.3 is 5.73 Å². The fourth-order valence-electron chi connectivity index (χ4n) is 1.29. The van der Waals surface area contributed by atoms with Gasteiger partial charge in [0.1, 0.15) is 0 Å². The average Bonchev–Trinajstić information content (AvgIpc) is 2.47. The van der Waals surface area contributed by atoms with E-state index in [4.69, 9.17) is 17.3 Å². The molecule has 0 unspecified atom stereocenters. The highest BCUT2D eigenvalue weighted by Gasteiger charge is 2.07. The van der Waals surface area contributed by atoms with Crippen molar-refractivity contribution in [3.8, 4) is 11.3 Å². The van der Waals surface area contributed by atoms with Crippen LogP contribution < -0.4 is 5.73 Å². The number of thiazole rings is 1. The number of benzene rings is 1. The summed E-state index contributed by atoms with van der Waals surface area (Å²) in [6.07, 6.45) is 0. The highest BCUT2D eigenvalue weighted by atomic mass is 79.9. The number of halogens is 2. The van der Waals surface area contributed by atoms with Crippen LogP contribution in [0.2, 0.25) is 5.02 Å². The van der Waals surface area contributed by atoms with E-state index in [0.717, 1.165) is 21.2 Å². The second-order valence-electron chi connectivity index (χ2n) is 2.96. The van der Waals surface area contributed by atoms with E-state index in [1.54, 1.807) is 0 Å². The van der Waals surface area contributed by atoms with Crippen LogP contribution >= 0.6 is 39.9 Å². The van der Waals surface area contributed by atoms with Crippen molar-refractivity contribution in [1.29, 1.82) is 0 Å². The Morgan fingerprint density at radius 1 is 1.27 bits per heavy atom. The first-order valence-electron chi connectivity index (χ1n) is 4.15. The van der Waals surface area contributed by atoms with Crippen LogP contribution in [0.25, 0.3) is 11.3 Å². The van der Waals surface area contributed by atoms with Crippen LogP contribution in [-0.2, 0) is 0 Å². The van der Waals surface area contributed by atoms with E-state index in [2.05, 4.69) is 4.98 Å². The number of hydrogen-bond donors (Lipinski definition) is 1. The van der Waals surface area contributed by atoms with Gasteiger partial charge in [-0.05, 0) is 19.1 Å². The molecule has 0 amide bonds. The van der Waals surface area contributed by atoms with Crippen molar-refractivity contribution in [2.24, 2.45) is 0 Å². The van der Waals surface area contributed by atoms with Crippen LogP contribution in [0.5, 0.6) is 0 Å². The topological polar surface area (TPSA) is 38.9 Å². The summed E-state index contributed by atoms with van der Waals surface area (Å²) in [5, 5.41) is 1.34. The fraction of sp³-hybridized carbons (Fsp3) is 0.100. The molecule has 15 heavy (non-hydrogen) atoms. The molecule has 0 saturated heterocycles. The molecule has 1 aromatic heterocycles. The van der Waals surface area contributed by atoms with Crippen molar-refractivity contribution >= 4 is 45.1 Å². The molecule has 0 radical (unpaired) electrons. The second-order valence-corrected chi connectivity index (χ2v) is 4.63. The number of nitrogens with zero attached hydrogens (tertiary/aromatic N) is 1. The van der Waals surface area contributed by atoms with Gasteiger partial charge in [-0.1, -0.05) is 23.7 Å². The SMILES string of the molecule is Br.Cc1sc(N)nc1-c1ccc(Cl)cc1. The van der Waals surface area contributed by atoms with Gasteiger partial charge in [0.15, 0.2) is 5.13 Å². The normalized spacial score (nSPS) is 9.73. The van der Waals surface area contributed by atoms with E-state index in [-0.39, 0.29) is 17.0 Å². The maximum Gasteiger partial charge on any atom is 0.180 e. The molecular formula is C10H10BrClN2S. The Hall–Kier alpha value is -0.580. The van der Waals surface area contributed by atoms with Crippen LogP contribution in [0.15, 0.2) is 24.3 Å². The molecule has 0 spiro atoms. The molecule has 0 atom stereocenters. The predicted molar refractivity (Wildman–Crippen MR) is 72.0 cm³/mol. The minimum Gasteiger partial charge on any atom is -0.375 e. The molecule has 0 fully saturated rings. The molecule has 1 aromatic carbocycles. The molecule has 2 N–H and O–H groups in total. The van der Waals surface area contributed by atoms with Crippen molar-refractivity contribution in [2.75, 3.05) is 5.73 Å². The number of anilines is 1. The van der Waals surface area contributed by atoms with Crippen molar-refractivity contribution in [3.05, 3.63) is 34.2 Å². The van der Waals surface area contributed by atoms with E-state index in [1.165, 1.54) is 11.3 Å².